The molecule has 3 nitrogen and oxygen atoms in total. The molecule has 20 heavy (non-hydrogen) atoms. The fourth-order valence-electron chi connectivity index (χ4n) is 2.76. The average Bonchev–Trinajstić information content (AvgIpc) is 3.25. The van der Waals surface area contributed by atoms with E-state index in [0.717, 1.165) is 13.0 Å². The maximum absolute atomic E-state index is 8.99. The Morgan fingerprint density at radius 3 is 2.50 bits per heavy atom. The molecule has 0 bridgehead atoms. The predicted molar refractivity (Wildman–Crippen MR) is 86.5 cm³/mol. The molecule has 0 saturated heterocycles. The topological polar surface area (TPSA) is 49.5 Å². The van der Waals surface area contributed by atoms with Crippen LogP contribution in [0.4, 0.5) is 0 Å². The van der Waals surface area contributed by atoms with E-state index in [1.54, 1.807) is 0 Å². The van der Waals surface area contributed by atoms with Crippen LogP contribution < -0.4 is 5.73 Å². The zero-order valence-corrected chi connectivity index (χ0v) is 12.9. The van der Waals surface area contributed by atoms with Crippen molar-refractivity contribution >= 4 is 17.3 Å². The summed E-state index contributed by atoms with van der Waals surface area (Å²) in [6.45, 7) is 3.26. The molecule has 1 aliphatic rings. The van der Waals surface area contributed by atoms with Crippen molar-refractivity contribution in [1.29, 1.82) is 0 Å². The minimum Gasteiger partial charge on any atom is -0.396 e. The van der Waals surface area contributed by atoms with Gasteiger partial charge in [0, 0.05) is 13.2 Å². The normalized spacial score (nSPS) is 15.9. The van der Waals surface area contributed by atoms with Gasteiger partial charge in [0.15, 0.2) is 5.11 Å². The standard InChI is InChI=1S/C16H24N2OS/c1-2-10-18(16(17)20)15(14-7-8-14)13-5-3-12(4-6-13)9-11-19/h3-6,14-15,19H,2,7-11H2,1H3,(H2,17,20). The summed E-state index contributed by atoms with van der Waals surface area (Å²) in [6.07, 6.45) is 4.27. The van der Waals surface area contributed by atoms with Crippen molar-refractivity contribution in [3.63, 3.8) is 0 Å². The lowest BCUT2D eigenvalue weighted by Gasteiger charge is -2.32. The van der Waals surface area contributed by atoms with Crippen molar-refractivity contribution < 1.29 is 5.11 Å². The monoisotopic (exact) mass is 292 g/mol. The fourth-order valence-corrected chi connectivity index (χ4v) is 2.96. The van der Waals surface area contributed by atoms with Gasteiger partial charge in [0.2, 0.25) is 0 Å². The maximum atomic E-state index is 8.99. The number of aliphatic hydroxyl groups excluding tert-OH is 1. The number of nitrogens with two attached hydrogens (primary N) is 1. The van der Waals surface area contributed by atoms with E-state index < -0.39 is 0 Å². The molecule has 1 saturated carbocycles. The molecule has 2 rings (SSSR count). The van der Waals surface area contributed by atoms with Crippen LogP contribution in [0.25, 0.3) is 0 Å². The number of aliphatic hydroxyl groups is 1. The number of nitrogens with zero attached hydrogens (tertiary/aromatic N) is 1. The van der Waals surface area contributed by atoms with Crippen LogP contribution in [0.15, 0.2) is 24.3 Å². The van der Waals surface area contributed by atoms with E-state index in [2.05, 4.69) is 36.1 Å². The second kappa shape index (κ2) is 7.04. The van der Waals surface area contributed by atoms with Gasteiger partial charge in [-0.2, -0.15) is 0 Å². The maximum Gasteiger partial charge on any atom is 0.166 e. The van der Waals surface area contributed by atoms with Gasteiger partial charge >= 0.3 is 0 Å². The summed E-state index contributed by atoms with van der Waals surface area (Å²) in [5.41, 5.74) is 8.39. The molecule has 0 radical (unpaired) electrons. The molecule has 0 heterocycles. The summed E-state index contributed by atoms with van der Waals surface area (Å²) in [5, 5.41) is 9.49. The summed E-state index contributed by atoms with van der Waals surface area (Å²) in [4.78, 5) is 2.17. The van der Waals surface area contributed by atoms with Crippen LogP contribution in [-0.2, 0) is 6.42 Å². The second-order valence-corrected chi connectivity index (χ2v) is 5.95. The molecule has 110 valence electrons. The Kier molecular flexibility index (Phi) is 5.38. The second-order valence-electron chi connectivity index (χ2n) is 5.53. The lowest BCUT2D eigenvalue weighted by molar-refractivity contribution is 0.288. The van der Waals surface area contributed by atoms with Crippen LogP contribution in [0.5, 0.6) is 0 Å². The van der Waals surface area contributed by atoms with Gasteiger partial charge in [0.25, 0.3) is 0 Å². The molecule has 1 atom stereocenters. The largest absolute Gasteiger partial charge is 0.396 e. The summed E-state index contributed by atoms with van der Waals surface area (Å²) >= 11 is 5.24. The van der Waals surface area contributed by atoms with Gasteiger partial charge in [-0.05, 0) is 54.9 Å². The highest BCUT2D eigenvalue weighted by atomic mass is 32.1. The molecule has 1 fully saturated rings. The number of hydrogen-bond acceptors (Lipinski definition) is 2. The first kappa shape index (κ1) is 15.3. The van der Waals surface area contributed by atoms with Crippen LogP contribution in [0.1, 0.15) is 43.4 Å². The summed E-state index contributed by atoms with van der Waals surface area (Å²) in [6, 6.07) is 8.84. The van der Waals surface area contributed by atoms with Crippen LogP contribution in [-0.4, -0.2) is 28.3 Å². The third kappa shape index (κ3) is 3.70. The molecule has 1 aromatic carbocycles. The minimum atomic E-state index is 0.195. The first-order valence-electron chi connectivity index (χ1n) is 7.43. The van der Waals surface area contributed by atoms with E-state index >= 15 is 0 Å². The number of thiocarbonyl (C=S) groups is 1. The predicted octanol–water partition coefficient (Wildman–Crippen LogP) is 2.63. The Bertz CT molecular complexity index is 442. The smallest absolute Gasteiger partial charge is 0.166 e. The van der Waals surface area contributed by atoms with Gasteiger partial charge in [0.1, 0.15) is 0 Å². The van der Waals surface area contributed by atoms with E-state index in [9.17, 15) is 0 Å². The molecule has 1 aromatic rings. The highest BCUT2D eigenvalue weighted by Gasteiger charge is 2.36. The molecule has 1 aliphatic carbocycles. The number of hydrogen-bond donors (Lipinski definition) is 2. The van der Waals surface area contributed by atoms with Crippen LogP contribution in [0.2, 0.25) is 0 Å². The van der Waals surface area contributed by atoms with Crippen LogP contribution in [0, 0.1) is 5.92 Å². The van der Waals surface area contributed by atoms with Gasteiger partial charge in [0.05, 0.1) is 6.04 Å². The Labute approximate surface area is 126 Å². The fraction of sp³-hybridized carbons (Fsp3) is 0.562. The Balaban J connectivity index is 2.20. The Hall–Kier alpha value is -1.13. The summed E-state index contributed by atoms with van der Waals surface area (Å²) in [5.74, 6) is 0.673. The Morgan fingerprint density at radius 2 is 2.05 bits per heavy atom. The van der Waals surface area contributed by atoms with Crippen molar-refractivity contribution in [2.45, 2.75) is 38.6 Å². The van der Waals surface area contributed by atoms with E-state index in [1.807, 2.05) is 0 Å². The van der Waals surface area contributed by atoms with Gasteiger partial charge in [-0.3, -0.25) is 0 Å². The third-order valence-electron chi connectivity index (χ3n) is 3.87. The molecule has 0 spiro atoms. The highest BCUT2D eigenvalue weighted by molar-refractivity contribution is 7.80. The molecular weight excluding hydrogens is 268 g/mol. The molecular formula is C16H24N2OS. The number of benzene rings is 1. The lowest BCUT2D eigenvalue weighted by Crippen LogP contribution is -2.40. The van der Waals surface area contributed by atoms with Crippen molar-refractivity contribution in [3.8, 4) is 0 Å². The molecule has 0 amide bonds. The number of rotatable bonds is 7. The zero-order chi connectivity index (χ0) is 14.5. The van der Waals surface area contributed by atoms with E-state index in [1.165, 1.54) is 24.0 Å². The first-order chi connectivity index (χ1) is 9.67. The summed E-state index contributed by atoms with van der Waals surface area (Å²) < 4.78 is 0. The first-order valence-corrected chi connectivity index (χ1v) is 7.84. The van der Waals surface area contributed by atoms with E-state index in [0.29, 0.717) is 23.5 Å². The van der Waals surface area contributed by atoms with Crippen molar-refractivity contribution in [2.24, 2.45) is 11.7 Å². The Morgan fingerprint density at radius 1 is 1.40 bits per heavy atom. The van der Waals surface area contributed by atoms with Gasteiger partial charge in [-0.1, -0.05) is 31.2 Å². The zero-order valence-electron chi connectivity index (χ0n) is 12.1. The van der Waals surface area contributed by atoms with Gasteiger partial charge in [-0.15, -0.1) is 0 Å². The van der Waals surface area contributed by atoms with Crippen molar-refractivity contribution in [3.05, 3.63) is 35.4 Å². The average molecular weight is 292 g/mol. The van der Waals surface area contributed by atoms with E-state index in [4.69, 9.17) is 23.1 Å². The van der Waals surface area contributed by atoms with Crippen molar-refractivity contribution in [1.82, 2.24) is 4.90 Å². The van der Waals surface area contributed by atoms with Crippen LogP contribution in [0.3, 0.4) is 0 Å². The molecule has 1 unspecified atom stereocenters. The molecule has 0 aliphatic heterocycles. The SMILES string of the molecule is CCCN(C(N)=S)C(c1ccc(CCO)cc1)C1CC1. The van der Waals surface area contributed by atoms with Crippen molar-refractivity contribution in [2.75, 3.05) is 13.2 Å². The molecule has 4 heteroatoms. The summed E-state index contributed by atoms with van der Waals surface area (Å²) in [7, 11) is 0. The quantitative estimate of drug-likeness (QED) is 0.759. The third-order valence-corrected chi connectivity index (χ3v) is 4.11. The van der Waals surface area contributed by atoms with E-state index in [-0.39, 0.29) is 6.61 Å². The van der Waals surface area contributed by atoms with Gasteiger partial charge < -0.3 is 15.7 Å². The van der Waals surface area contributed by atoms with Gasteiger partial charge in [-0.25, -0.2) is 0 Å². The van der Waals surface area contributed by atoms with Crippen LogP contribution >= 0.6 is 12.2 Å². The minimum absolute atomic E-state index is 0.195. The molecule has 0 aromatic heterocycles. The molecule has 3 N–H and O–H groups in total. The highest BCUT2D eigenvalue weighted by Crippen LogP contribution is 2.44. The lowest BCUT2D eigenvalue weighted by atomic mass is 9.98.